The van der Waals surface area contributed by atoms with Gasteiger partial charge >= 0.3 is 0 Å². The Balaban J connectivity index is 2.01. The van der Waals surface area contributed by atoms with E-state index >= 15 is 0 Å². The summed E-state index contributed by atoms with van der Waals surface area (Å²) in [7, 11) is 3.11. The number of ether oxygens (including phenoxy) is 2. The molecule has 0 aliphatic carbocycles. The zero-order valence-corrected chi connectivity index (χ0v) is 13.2. The maximum atomic E-state index is 12.9. The van der Waals surface area contributed by atoms with Crippen LogP contribution in [0, 0.1) is 5.82 Å². The van der Waals surface area contributed by atoms with Crippen LogP contribution in [0.1, 0.15) is 6.92 Å². The average molecular weight is 318 g/mol. The molecule has 1 atom stereocenters. The van der Waals surface area contributed by atoms with Gasteiger partial charge in [-0.1, -0.05) is 0 Å². The molecule has 0 aromatic heterocycles. The maximum absolute atomic E-state index is 12.9. The highest BCUT2D eigenvalue weighted by Gasteiger charge is 2.14. The van der Waals surface area contributed by atoms with Crippen molar-refractivity contribution in [1.82, 2.24) is 0 Å². The lowest BCUT2D eigenvalue weighted by Crippen LogP contribution is -2.31. The SMILES string of the molecule is COc1ccc(N[C@H](C)C(=O)Nc2ccc(F)cc2)cc1OC. The highest BCUT2D eigenvalue weighted by Crippen LogP contribution is 2.30. The molecule has 1 amide bonds. The third-order valence-corrected chi connectivity index (χ3v) is 3.27. The van der Waals surface area contributed by atoms with Crippen molar-refractivity contribution in [2.45, 2.75) is 13.0 Å². The average Bonchev–Trinajstić information content (AvgIpc) is 2.56. The number of benzene rings is 2. The molecule has 0 aliphatic heterocycles. The summed E-state index contributed by atoms with van der Waals surface area (Å²) in [6.45, 7) is 1.73. The first kappa shape index (κ1) is 16.6. The number of halogens is 1. The largest absolute Gasteiger partial charge is 0.493 e. The summed E-state index contributed by atoms with van der Waals surface area (Å²) in [5, 5.41) is 5.79. The summed E-state index contributed by atoms with van der Waals surface area (Å²) in [6.07, 6.45) is 0. The van der Waals surface area contributed by atoms with Crippen LogP contribution in [0.25, 0.3) is 0 Å². The quantitative estimate of drug-likeness (QED) is 0.858. The Hall–Kier alpha value is -2.76. The summed E-state index contributed by atoms with van der Waals surface area (Å²) < 4.78 is 23.3. The minimum Gasteiger partial charge on any atom is -0.493 e. The van der Waals surface area contributed by atoms with E-state index < -0.39 is 6.04 Å². The standard InChI is InChI=1S/C17H19FN2O3/c1-11(17(21)20-13-6-4-12(18)5-7-13)19-14-8-9-15(22-2)16(10-14)23-3/h4-11,19H,1-3H3,(H,20,21)/t11-/m1/s1. The molecule has 0 bridgehead atoms. The Bertz CT molecular complexity index is 674. The van der Waals surface area contributed by atoms with Gasteiger partial charge in [0, 0.05) is 17.4 Å². The summed E-state index contributed by atoms with van der Waals surface area (Å²) in [4.78, 5) is 12.2. The topological polar surface area (TPSA) is 59.6 Å². The van der Waals surface area contributed by atoms with Crippen molar-refractivity contribution in [2.24, 2.45) is 0 Å². The lowest BCUT2D eigenvalue weighted by molar-refractivity contribution is -0.116. The lowest BCUT2D eigenvalue weighted by atomic mass is 10.2. The third kappa shape index (κ3) is 4.35. The van der Waals surface area contributed by atoms with E-state index in [0.717, 1.165) is 5.69 Å². The van der Waals surface area contributed by atoms with Gasteiger partial charge in [-0.05, 0) is 43.3 Å². The first-order chi connectivity index (χ1) is 11.0. The van der Waals surface area contributed by atoms with Gasteiger partial charge in [-0.15, -0.1) is 0 Å². The van der Waals surface area contributed by atoms with Gasteiger partial charge < -0.3 is 20.1 Å². The lowest BCUT2D eigenvalue weighted by Gasteiger charge is -2.16. The Morgan fingerprint density at radius 3 is 2.22 bits per heavy atom. The fourth-order valence-electron chi connectivity index (χ4n) is 2.03. The highest BCUT2D eigenvalue weighted by molar-refractivity contribution is 5.96. The second-order valence-electron chi connectivity index (χ2n) is 4.93. The molecule has 2 aromatic rings. The van der Waals surface area contributed by atoms with Gasteiger partial charge in [0.1, 0.15) is 11.9 Å². The smallest absolute Gasteiger partial charge is 0.246 e. The first-order valence-corrected chi connectivity index (χ1v) is 7.08. The summed E-state index contributed by atoms with van der Waals surface area (Å²) >= 11 is 0. The predicted octanol–water partition coefficient (Wildman–Crippen LogP) is 3.28. The van der Waals surface area contributed by atoms with E-state index in [-0.39, 0.29) is 11.7 Å². The van der Waals surface area contributed by atoms with Crippen molar-refractivity contribution in [3.8, 4) is 11.5 Å². The molecule has 6 heteroatoms. The van der Waals surface area contributed by atoms with E-state index in [4.69, 9.17) is 9.47 Å². The number of rotatable bonds is 6. The molecule has 0 saturated carbocycles. The number of carbonyl (C=O) groups excluding carboxylic acids is 1. The molecule has 2 N–H and O–H groups in total. The Labute approximate surface area is 134 Å². The molecule has 0 unspecified atom stereocenters. The monoisotopic (exact) mass is 318 g/mol. The van der Waals surface area contributed by atoms with Crippen LogP contribution in [0.4, 0.5) is 15.8 Å². The number of anilines is 2. The van der Waals surface area contributed by atoms with E-state index in [2.05, 4.69) is 10.6 Å². The number of hydrogen-bond donors (Lipinski definition) is 2. The fraction of sp³-hybridized carbons (Fsp3) is 0.235. The summed E-state index contributed by atoms with van der Waals surface area (Å²) in [6, 6.07) is 10.4. The number of amides is 1. The van der Waals surface area contributed by atoms with Crippen molar-refractivity contribution in [1.29, 1.82) is 0 Å². The second-order valence-corrected chi connectivity index (χ2v) is 4.93. The molecule has 0 aliphatic rings. The molecule has 0 radical (unpaired) electrons. The molecule has 0 fully saturated rings. The van der Waals surface area contributed by atoms with Crippen LogP contribution >= 0.6 is 0 Å². The van der Waals surface area contributed by atoms with Gasteiger partial charge in [0.25, 0.3) is 0 Å². The Morgan fingerprint density at radius 1 is 1.00 bits per heavy atom. The molecule has 5 nitrogen and oxygen atoms in total. The minimum absolute atomic E-state index is 0.230. The number of nitrogens with one attached hydrogen (secondary N) is 2. The van der Waals surface area contributed by atoms with E-state index in [9.17, 15) is 9.18 Å². The van der Waals surface area contributed by atoms with Crippen LogP contribution in [0.15, 0.2) is 42.5 Å². The van der Waals surface area contributed by atoms with Crippen molar-refractivity contribution >= 4 is 17.3 Å². The van der Waals surface area contributed by atoms with Gasteiger partial charge in [-0.2, -0.15) is 0 Å². The van der Waals surface area contributed by atoms with Crippen LogP contribution in [0.5, 0.6) is 11.5 Å². The number of methoxy groups -OCH3 is 2. The van der Waals surface area contributed by atoms with E-state index in [1.165, 1.54) is 24.3 Å². The molecule has 0 saturated heterocycles. The van der Waals surface area contributed by atoms with E-state index in [1.54, 1.807) is 39.3 Å². The molecule has 2 aromatic carbocycles. The van der Waals surface area contributed by atoms with Crippen LogP contribution in [0.3, 0.4) is 0 Å². The fourth-order valence-corrected chi connectivity index (χ4v) is 2.03. The van der Waals surface area contributed by atoms with E-state index in [0.29, 0.717) is 17.2 Å². The van der Waals surface area contributed by atoms with Gasteiger partial charge in [0.15, 0.2) is 11.5 Å². The minimum atomic E-state index is -0.488. The Kier molecular flexibility index (Phi) is 5.41. The van der Waals surface area contributed by atoms with Crippen molar-refractivity contribution in [3.63, 3.8) is 0 Å². The molecular formula is C17H19FN2O3. The normalized spacial score (nSPS) is 11.5. The first-order valence-electron chi connectivity index (χ1n) is 7.08. The third-order valence-electron chi connectivity index (χ3n) is 3.27. The molecular weight excluding hydrogens is 299 g/mol. The zero-order chi connectivity index (χ0) is 16.8. The second kappa shape index (κ2) is 7.49. The van der Waals surface area contributed by atoms with Gasteiger partial charge in [-0.25, -0.2) is 4.39 Å². The molecule has 122 valence electrons. The Morgan fingerprint density at radius 2 is 1.61 bits per heavy atom. The van der Waals surface area contributed by atoms with Gasteiger partial charge in [-0.3, -0.25) is 4.79 Å². The van der Waals surface area contributed by atoms with Gasteiger partial charge in [0.2, 0.25) is 5.91 Å². The zero-order valence-electron chi connectivity index (χ0n) is 13.2. The highest BCUT2D eigenvalue weighted by atomic mass is 19.1. The maximum Gasteiger partial charge on any atom is 0.246 e. The van der Waals surface area contributed by atoms with Crippen LogP contribution in [0.2, 0.25) is 0 Å². The molecule has 2 rings (SSSR count). The molecule has 0 spiro atoms. The molecule has 0 heterocycles. The summed E-state index contributed by atoms with van der Waals surface area (Å²) in [5.41, 5.74) is 1.27. The van der Waals surface area contributed by atoms with Crippen molar-refractivity contribution < 1.29 is 18.7 Å². The van der Waals surface area contributed by atoms with Crippen LogP contribution < -0.4 is 20.1 Å². The van der Waals surface area contributed by atoms with E-state index in [1.807, 2.05) is 0 Å². The summed E-state index contributed by atoms with van der Waals surface area (Å²) in [5.74, 6) is 0.607. The number of hydrogen-bond acceptors (Lipinski definition) is 4. The number of carbonyl (C=O) groups is 1. The van der Waals surface area contributed by atoms with Crippen LogP contribution in [-0.2, 0) is 4.79 Å². The van der Waals surface area contributed by atoms with Crippen LogP contribution in [-0.4, -0.2) is 26.2 Å². The van der Waals surface area contributed by atoms with Gasteiger partial charge in [0.05, 0.1) is 14.2 Å². The predicted molar refractivity (Wildman–Crippen MR) is 87.7 cm³/mol. The van der Waals surface area contributed by atoms with Crippen molar-refractivity contribution in [2.75, 3.05) is 24.9 Å². The van der Waals surface area contributed by atoms with Crippen molar-refractivity contribution in [3.05, 3.63) is 48.3 Å². The molecule has 23 heavy (non-hydrogen) atoms.